The summed E-state index contributed by atoms with van der Waals surface area (Å²) in [5, 5.41) is 9.95. The van der Waals surface area contributed by atoms with Crippen molar-refractivity contribution in [2.24, 2.45) is 10.9 Å². The fraction of sp³-hybridized carbons (Fsp3) is 0.476. The quantitative estimate of drug-likeness (QED) is 0.596. The highest BCUT2D eigenvalue weighted by molar-refractivity contribution is 6.08. The average molecular weight is 387 g/mol. The van der Waals surface area contributed by atoms with E-state index in [-0.39, 0.29) is 23.9 Å². The van der Waals surface area contributed by atoms with E-state index in [2.05, 4.69) is 4.99 Å². The molecule has 1 aliphatic carbocycles. The van der Waals surface area contributed by atoms with Crippen LogP contribution in [0.1, 0.15) is 37.7 Å². The number of aromatic hydroxyl groups is 1. The van der Waals surface area contributed by atoms with Gasteiger partial charge in [0.1, 0.15) is 12.5 Å². The number of allylic oxidation sites excluding steroid dienone is 2. The summed E-state index contributed by atoms with van der Waals surface area (Å²) in [6, 6.07) is 4.89. The fourth-order valence-corrected chi connectivity index (χ4v) is 3.87. The number of carbonyl (C=O) groups is 2. The SMILES string of the molecule is COCCOC(=O)C1C(C)=NC2=C(C(=O)CCC2)[C@@H]1c1ccc(O)c(OC)c1. The smallest absolute Gasteiger partial charge is 0.315 e. The van der Waals surface area contributed by atoms with Crippen LogP contribution in [-0.2, 0) is 19.1 Å². The Labute approximate surface area is 164 Å². The Kier molecular flexibility index (Phi) is 6.14. The zero-order valence-electron chi connectivity index (χ0n) is 16.4. The number of benzene rings is 1. The first kappa shape index (κ1) is 20.1. The van der Waals surface area contributed by atoms with Crippen LogP contribution in [-0.4, -0.2) is 50.0 Å². The van der Waals surface area contributed by atoms with Gasteiger partial charge in [0.2, 0.25) is 0 Å². The molecule has 150 valence electrons. The lowest BCUT2D eigenvalue weighted by molar-refractivity contribution is -0.147. The lowest BCUT2D eigenvalue weighted by Gasteiger charge is -2.34. The Bertz CT molecular complexity index is 841. The molecule has 0 spiro atoms. The summed E-state index contributed by atoms with van der Waals surface area (Å²) < 4.78 is 15.6. The van der Waals surface area contributed by atoms with E-state index in [0.29, 0.717) is 36.3 Å². The van der Waals surface area contributed by atoms with Gasteiger partial charge in [0, 0.05) is 36.4 Å². The summed E-state index contributed by atoms with van der Waals surface area (Å²) in [5.74, 6) is -1.40. The number of hydrogen-bond acceptors (Lipinski definition) is 7. The normalized spacial score (nSPS) is 21.8. The molecule has 7 heteroatoms. The second-order valence-corrected chi connectivity index (χ2v) is 6.94. The molecular formula is C21H25NO6. The zero-order valence-corrected chi connectivity index (χ0v) is 16.4. The molecule has 2 aliphatic rings. The van der Waals surface area contributed by atoms with Crippen LogP contribution in [0.4, 0.5) is 0 Å². The van der Waals surface area contributed by atoms with Gasteiger partial charge in [-0.1, -0.05) is 6.07 Å². The van der Waals surface area contributed by atoms with Crippen LogP contribution in [0.25, 0.3) is 0 Å². The summed E-state index contributed by atoms with van der Waals surface area (Å²) in [6.45, 7) is 2.21. The van der Waals surface area contributed by atoms with Crippen LogP contribution in [0.3, 0.4) is 0 Å². The highest BCUT2D eigenvalue weighted by Crippen LogP contribution is 2.45. The van der Waals surface area contributed by atoms with Crippen LogP contribution in [0, 0.1) is 5.92 Å². The van der Waals surface area contributed by atoms with Crippen molar-refractivity contribution in [1.82, 2.24) is 0 Å². The standard InChI is InChI=1S/C21H25NO6/c1-12-18(21(25)28-10-9-26-2)19(13-7-8-15(23)17(11-13)27-3)20-14(22-12)5-4-6-16(20)24/h7-8,11,18-19,23H,4-6,9-10H2,1-3H3/t18?,19-/m1/s1. The van der Waals surface area contributed by atoms with Crippen molar-refractivity contribution in [3.8, 4) is 11.5 Å². The van der Waals surface area contributed by atoms with Crippen molar-refractivity contribution in [3.63, 3.8) is 0 Å². The third kappa shape index (κ3) is 3.80. The predicted octanol–water partition coefficient (Wildman–Crippen LogP) is 2.77. The molecule has 0 bridgehead atoms. The number of methoxy groups -OCH3 is 2. The first-order valence-corrected chi connectivity index (χ1v) is 9.31. The Hall–Kier alpha value is -2.67. The molecule has 0 saturated heterocycles. The molecule has 1 aromatic carbocycles. The zero-order chi connectivity index (χ0) is 20.3. The summed E-state index contributed by atoms with van der Waals surface area (Å²) in [7, 11) is 2.99. The Balaban J connectivity index is 2.07. The molecule has 1 heterocycles. The number of ketones is 1. The summed E-state index contributed by atoms with van der Waals surface area (Å²) >= 11 is 0. The second kappa shape index (κ2) is 8.56. The molecule has 0 amide bonds. The number of hydrogen-bond donors (Lipinski definition) is 1. The van der Waals surface area contributed by atoms with Crippen molar-refractivity contribution in [2.75, 3.05) is 27.4 Å². The van der Waals surface area contributed by atoms with Gasteiger partial charge in [0.25, 0.3) is 0 Å². The number of carbonyl (C=O) groups excluding carboxylic acids is 2. The summed E-state index contributed by atoms with van der Waals surface area (Å²) in [6.07, 6.45) is 1.89. The number of rotatable bonds is 6. The molecule has 1 unspecified atom stereocenters. The van der Waals surface area contributed by atoms with E-state index in [4.69, 9.17) is 14.2 Å². The van der Waals surface area contributed by atoms with Gasteiger partial charge in [-0.15, -0.1) is 0 Å². The van der Waals surface area contributed by atoms with E-state index in [0.717, 1.165) is 12.1 Å². The number of nitrogens with zero attached hydrogens (tertiary/aromatic N) is 1. The highest BCUT2D eigenvalue weighted by Gasteiger charge is 2.43. The molecule has 3 rings (SSSR count). The maximum absolute atomic E-state index is 12.9. The number of Topliss-reactive ketones (excluding diaryl/α,β-unsaturated/α-hetero) is 1. The summed E-state index contributed by atoms with van der Waals surface area (Å²) in [4.78, 5) is 30.3. The molecule has 1 N–H and O–H groups in total. The van der Waals surface area contributed by atoms with Gasteiger partial charge in [-0.25, -0.2) is 0 Å². The van der Waals surface area contributed by atoms with E-state index in [1.54, 1.807) is 19.1 Å². The van der Waals surface area contributed by atoms with Crippen molar-refractivity contribution in [2.45, 2.75) is 32.1 Å². The molecule has 1 aromatic rings. The number of phenolic OH excluding ortho intramolecular Hbond substituents is 1. The maximum Gasteiger partial charge on any atom is 0.315 e. The number of ether oxygens (including phenoxy) is 3. The summed E-state index contributed by atoms with van der Waals surface area (Å²) in [5.41, 5.74) is 2.64. The van der Waals surface area contributed by atoms with E-state index in [9.17, 15) is 14.7 Å². The van der Waals surface area contributed by atoms with Gasteiger partial charge in [-0.2, -0.15) is 0 Å². The lowest BCUT2D eigenvalue weighted by Crippen LogP contribution is -2.37. The van der Waals surface area contributed by atoms with Gasteiger partial charge in [0.05, 0.1) is 13.7 Å². The molecule has 2 atom stereocenters. The van der Waals surface area contributed by atoms with Gasteiger partial charge in [0.15, 0.2) is 17.3 Å². The minimum Gasteiger partial charge on any atom is -0.504 e. The van der Waals surface area contributed by atoms with Gasteiger partial charge >= 0.3 is 5.97 Å². The minimum atomic E-state index is -0.716. The molecule has 0 aromatic heterocycles. The van der Waals surface area contributed by atoms with Crippen LogP contribution < -0.4 is 4.74 Å². The largest absolute Gasteiger partial charge is 0.504 e. The molecule has 0 fully saturated rings. The molecule has 28 heavy (non-hydrogen) atoms. The van der Waals surface area contributed by atoms with Crippen molar-refractivity contribution < 1.29 is 28.9 Å². The van der Waals surface area contributed by atoms with Crippen molar-refractivity contribution in [1.29, 1.82) is 0 Å². The Morgan fingerprint density at radius 2 is 2.04 bits per heavy atom. The van der Waals surface area contributed by atoms with Crippen LogP contribution in [0.2, 0.25) is 0 Å². The van der Waals surface area contributed by atoms with E-state index >= 15 is 0 Å². The van der Waals surface area contributed by atoms with E-state index in [1.165, 1.54) is 20.3 Å². The van der Waals surface area contributed by atoms with E-state index < -0.39 is 17.8 Å². The topological polar surface area (TPSA) is 94.4 Å². The number of esters is 1. The van der Waals surface area contributed by atoms with Crippen molar-refractivity contribution >= 4 is 17.5 Å². The van der Waals surface area contributed by atoms with Crippen LogP contribution >= 0.6 is 0 Å². The van der Waals surface area contributed by atoms with Gasteiger partial charge in [-0.3, -0.25) is 14.6 Å². The minimum absolute atomic E-state index is 0.00385. The Morgan fingerprint density at radius 1 is 1.25 bits per heavy atom. The maximum atomic E-state index is 12.9. The third-order valence-electron chi connectivity index (χ3n) is 5.18. The monoisotopic (exact) mass is 387 g/mol. The third-order valence-corrected chi connectivity index (χ3v) is 5.18. The molecule has 0 saturated carbocycles. The van der Waals surface area contributed by atoms with Gasteiger partial charge < -0.3 is 19.3 Å². The number of aliphatic imine (C=N–C) groups is 1. The first-order chi connectivity index (χ1) is 13.5. The first-order valence-electron chi connectivity index (χ1n) is 9.31. The van der Waals surface area contributed by atoms with Crippen LogP contribution in [0.15, 0.2) is 34.5 Å². The average Bonchev–Trinajstić information content (AvgIpc) is 2.67. The van der Waals surface area contributed by atoms with Crippen LogP contribution in [0.5, 0.6) is 11.5 Å². The lowest BCUT2D eigenvalue weighted by atomic mass is 9.71. The molecule has 0 radical (unpaired) electrons. The van der Waals surface area contributed by atoms with Crippen molar-refractivity contribution in [3.05, 3.63) is 35.0 Å². The molecule has 1 aliphatic heterocycles. The highest BCUT2D eigenvalue weighted by atomic mass is 16.6. The Morgan fingerprint density at radius 3 is 2.75 bits per heavy atom. The fourth-order valence-electron chi connectivity index (χ4n) is 3.87. The van der Waals surface area contributed by atoms with Gasteiger partial charge in [-0.05, 0) is 37.5 Å². The van der Waals surface area contributed by atoms with E-state index in [1.807, 2.05) is 0 Å². The molecular weight excluding hydrogens is 362 g/mol. The second-order valence-electron chi connectivity index (χ2n) is 6.94. The molecule has 7 nitrogen and oxygen atoms in total. The predicted molar refractivity (Wildman–Crippen MR) is 103 cm³/mol. The number of phenols is 1.